The Balaban J connectivity index is 1.57. The van der Waals surface area contributed by atoms with Gasteiger partial charge in [-0.3, -0.25) is 0 Å². The van der Waals surface area contributed by atoms with Gasteiger partial charge in [-0.15, -0.1) is 0 Å². The lowest BCUT2D eigenvalue weighted by Crippen LogP contribution is -2.20. The number of urea groups is 1. The average Bonchev–Trinajstić information content (AvgIpc) is 3.11. The van der Waals surface area contributed by atoms with Crippen molar-refractivity contribution in [1.82, 2.24) is 4.98 Å². The number of hydrogen-bond acceptors (Lipinski definition) is 1. The fraction of sp³-hybridized carbons (Fsp3) is 0.160. The predicted octanol–water partition coefficient (Wildman–Crippen LogP) is 7.43. The number of hydrogen-bond donors (Lipinski definition) is 3. The van der Waals surface area contributed by atoms with Crippen LogP contribution in [0.15, 0.2) is 72.8 Å². The van der Waals surface area contributed by atoms with Crippen LogP contribution in [0.5, 0.6) is 0 Å². The highest BCUT2D eigenvalue weighted by molar-refractivity contribution is 6.31. The summed E-state index contributed by atoms with van der Waals surface area (Å²) >= 11 is 6.20. The van der Waals surface area contributed by atoms with Gasteiger partial charge in [-0.05, 0) is 53.4 Å². The first kappa shape index (κ1) is 20.0. The molecule has 4 nitrogen and oxygen atoms in total. The molecule has 1 aromatic heterocycles. The molecule has 0 saturated heterocycles. The standard InChI is InChI=1S/C25H24ClN3O/c1-25(2,3)17-8-11-19(12-9-17)27-24(30)29-23-15-18(26)10-13-20(23)22-14-16-6-4-5-7-21(16)28-22/h4-15,28H,1-3H3,(H2,27,29,30). The van der Waals surface area contributed by atoms with Crippen molar-refractivity contribution in [2.45, 2.75) is 26.2 Å². The summed E-state index contributed by atoms with van der Waals surface area (Å²) in [4.78, 5) is 16.1. The zero-order valence-corrected chi connectivity index (χ0v) is 18.0. The van der Waals surface area contributed by atoms with E-state index in [9.17, 15) is 4.79 Å². The molecule has 0 aliphatic carbocycles. The van der Waals surface area contributed by atoms with Crippen LogP contribution >= 0.6 is 11.6 Å². The molecule has 0 spiro atoms. The number of H-pyrrole nitrogens is 1. The molecule has 4 aromatic rings. The summed E-state index contributed by atoms with van der Waals surface area (Å²) < 4.78 is 0. The van der Waals surface area contributed by atoms with Crippen LogP contribution in [-0.2, 0) is 5.41 Å². The zero-order valence-electron chi connectivity index (χ0n) is 17.2. The van der Waals surface area contributed by atoms with Crippen molar-refractivity contribution in [3.63, 3.8) is 0 Å². The van der Waals surface area contributed by atoms with Crippen LogP contribution in [0.3, 0.4) is 0 Å². The number of aromatic nitrogens is 1. The van der Waals surface area contributed by atoms with Gasteiger partial charge in [-0.1, -0.05) is 62.7 Å². The van der Waals surface area contributed by atoms with Crippen molar-refractivity contribution >= 4 is 39.9 Å². The number of carbonyl (C=O) groups excluding carboxylic acids is 1. The lowest BCUT2D eigenvalue weighted by atomic mass is 9.87. The van der Waals surface area contributed by atoms with Gasteiger partial charge >= 0.3 is 6.03 Å². The van der Waals surface area contributed by atoms with Gasteiger partial charge in [0.05, 0.1) is 5.69 Å². The van der Waals surface area contributed by atoms with Gasteiger partial charge in [-0.25, -0.2) is 4.79 Å². The normalized spacial score (nSPS) is 11.5. The minimum absolute atomic E-state index is 0.0655. The van der Waals surface area contributed by atoms with Crippen molar-refractivity contribution in [1.29, 1.82) is 0 Å². The van der Waals surface area contributed by atoms with E-state index in [-0.39, 0.29) is 11.4 Å². The molecule has 0 radical (unpaired) electrons. The molecule has 0 saturated carbocycles. The fourth-order valence-electron chi connectivity index (χ4n) is 3.41. The smallest absolute Gasteiger partial charge is 0.323 e. The van der Waals surface area contributed by atoms with Gasteiger partial charge in [0.15, 0.2) is 0 Å². The number of amides is 2. The van der Waals surface area contributed by atoms with Crippen molar-refractivity contribution < 1.29 is 4.79 Å². The molecule has 0 bridgehead atoms. The number of carbonyl (C=O) groups is 1. The summed E-state index contributed by atoms with van der Waals surface area (Å²) in [5.74, 6) is 0. The summed E-state index contributed by atoms with van der Waals surface area (Å²) in [5.41, 5.74) is 5.47. The van der Waals surface area contributed by atoms with Crippen molar-refractivity contribution in [3.05, 3.63) is 83.4 Å². The number of fused-ring (bicyclic) bond motifs is 1. The first-order valence-electron chi connectivity index (χ1n) is 9.86. The quantitative estimate of drug-likeness (QED) is 0.319. The Kier molecular flexibility index (Phi) is 5.27. The Morgan fingerprint density at radius 1 is 0.900 bits per heavy atom. The highest BCUT2D eigenvalue weighted by atomic mass is 35.5. The molecule has 3 aromatic carbocycles. The molecule has 0 fully saturated rings. The largest absolute Gasteiger partial charge is 0.354 e. The first-order valence-corrected chi connectivity index (χ1v) is 10.2. The minimum atomic E-state index is -0.321. The van der Waals surface area contributed by atoms with Crippen LogP contribution in [0.4, 0.5) is 16.2 Å². The van der Waals surface area contributed by atoms with E-state index >= 15 is 0 Å². The van der Waals surface area contributed by atoms with Gasteiger partial charge in [0.1, 0.15) is 0 Å². The van der Waals surface area contributed by atoms with Gasteiger partial charge in [0.2, 0.25) is 0 Å². The second kappa shape index (κ2) is 7.88. The number of benzene rings is 3. The molecular formula is C25H24ClN3O. The highest BCUT2D eigenvalue weighted by Gasteiger charge is 2.14. The van der Waals surface area contributed by atoms with E-state index in [0.717, 1.165) is 27.8 Å². The van der Waals surface area contributed by atoms with Crippen molar-refractivity contribution in [3.8, 4) is 11.3 Å². The number of aromatic amines is 1. The summed E-state index contributed by atoms with van der Waals surface area (Å²) in [6, 6.07) is 23.2. The van der Waals surface area contributed by atoms with Gasteiger partial charge in [0, 0.05) is 32.9 Å². The molecule has 0 aliphatic heterocycles. The van der Waals surface area contributed by atoms with Crippen LogP contribution < -0.4 is 10.6 Å². The third-order valence-corrected chi connectivity index (χ3v) is 5.29. The van der Waals surface area contributed by atoms with Crippen LogP contribution in [0.2, 0.25) is 5.02 Å². The molecule has 1 heterocycles. The Morgan fingerprint density at radius 3 is 2.33 bits per heavy atom. The molecule has 2 amide bonds. The third-order valence-electron chi connectivity index (χ3n) is 5.06. The molecule has 0 unspecified atom stereocenters. The zero-order chi connectivity index (χ0) is 21.3. The van der Waals surface area contributed by atoms with E-state index in [1.165, 1.54) is 5.56 Å². The maximum atomic E-state index is 12.7. The third kappa shape index (κ3) is 4.34. The molecule has 0 aliphatic rings. The maximum Gasteiger partial charge on any atom is 0.323 e. The maximum absolute atomic E-state index is 12.7. The van der Waals surface area contributed by atoms with Gasteiger partial charge in [-0.2, -0.15) is 0 Å². The van der Waals surface area contributed by atoms with Crippen molar-refractivity contribution in [2.75, 3.05) is 10.6 Å². The Morgan fingerprint density at radius 2 is 1.63 bits per heavy atom. The van der Waals surface area contributed by atoms with Gasteiger partial charge < -0.3 is 15.6 Å². The molecule has 30 heavy (non-hydrogen) atoms. The summed E-state index contributed by atoms with van der Waals surface area (Å²) in [7, 11) is 0. The van der Waals surface area contributed by atoms with E-state index < -0.39 is 0 Å². The predicted molar refractivity (Wildman–Crippen MR) is 127 cm³/mol. The summed E-state index contributed by atoms with van der Waals surface area (Å²) in [5, 5.41) is 7.49. The molecule has 5 heteroatoms. The lowest BCUT2D eigenvalue weighted by Gasteiger charge is -2.19. The Bertz CT molecular complexity index is 1170. The monoisotopic (exact) mass is 417 g/mol. The summed E-state index contributed by atoms with van der Waals surface area (Å²) in [6.45, 7) is 6.48. The molecule has 152 valence electrons. The number of anilines is 2. The topological polar surface area (TPSA) is 56.9 Å². The molecule has 4 rings (SSSR count). The second-order valence-electron chi connectivity index (χ2n) is 8.37. The van der Waals surface area contributed by atoms with E-state index in [2.05, 4.69) is 42.5 Å². The first-order chi connectivity index (χ1) is 14.3. The Labute approximate surface area is 181 Å². The van der Waals surface area contributed by atoms with Crippen molar-refractivity contribution in [2.24, 2.45) is 0 Å². The van der Waals surface area contributed by atoms with Crippen LogP contribution in [0.25, 0.3) is 22.2 Å². The van der Waals surface area contributed by atoms with Crippen LogP contribution in [-0.4, -0.2) is 11.0 Å². The number of halogens is 1. The Hall–Kier alpha value is -3.24. The number of para-hydroxylation sites is 1. The van der Waals surface area contributed by atoms with E-state index in [1.807, 2.05) is 60.7 Å². The van der Waals surface area contributed by atoms with E-state index in [0.29, 0.717) is 10.7 Å². The summed E-state index contributed by atoms with van der Waals surface area (Å²) in [6.07, 6.45) is 0. The van der Waals surface area contributed by atoms with E-state index in [1.54, 1.807) is 6.07 Å². The highest BCUT2D eigenvalue weighted by Crippen LogP contribution is 2.32. The lowest BCUT2D eigenvalue weighted by molar-refractivity contribution is 0.262. The van der Waals surface area contributed by atoms with Gasteiger partial charge in [0.25, 0.3) is 0 Å². The fourth-order valence-corrected chi connectivity index (χ4v) is 3.58. The molecule has 0 atom stereocenters. The SMILES string of the molecule is CC(C)(C)c1ccc(NC(=O)Nc2cc(Cl)ccc2-c2cc3ccccc3[nH]2)cc1. The van der Waals surface area contributed by atoms with E-state index in [4.69, 9.17) is 11.6 Å². The molecule has 3 N–H and O–H groups in total. The molecular weight excluding hydrogens is 394 g/mol. The van der Waals surface area contributed by atoms with Crippen LogP contribution in [0, 0.1) is 0 Å². The second-order valence-corrected chi connectivity index (χ2v) is 8.80. The van der Waals surface area contributed by atoms with Crippen LogP contribution in [0.1, 0.15) is 26.3 Å². The minimum Gasteiger partial charge on any atom is -0.354 e. The number of nitrogens with one attached hydrogen (secondary N) is 3. The average molecular weight is 418 g/mol. The number of rotatable bonds is 3.